The van der Waals surface area contributed by atoms with Crippen molar-refractivity contribution < 1.29 is 13.2 Å². The van der Waals surface area contributed by atoms with Crippen LogP contribution in [-0.2, 0) is 0 Å². The Balaban J connectivity index is 4.39. The zero-order chi connectivity index (χ0) is 10.7. The molecule has 0 saturated heterocycles. The SMILES string of the molecule is CCCCC(C(C)(C)C)C(F)(F)F. The van der Waals surface area contributed by atoms with Crippen LogP contribution < -0.4 is 0 Å². The van der Waals surface area contributed by atoms with Crippen molar-refractivity contribution in [1.29, 1.82) is 0 Å². The Morgan fingerprint density at radius 2 is 1.54 bits per heavy atom. The van der Waals surface area contributed by atoms with Gasteiger partial charge < -0.3 is 0 Å². The summed E-state index contributed by atoms with van der Waals surface area (Å²) in [4.78, 5) is 0. The van der Waals surface area contributed by atoms with Crippen molar-refractivity contribution in [2.24, 2.45) is 11.3 Å². The molecule has 0 rings (SSSR count). The highest BCUT2D eigenvalue weighted by atomic mass is 19.4. The highest BCUT2D eigenvalue weighted by Crippen LogP contribution is 2.42. The molecule has 0 spiro atoms. The van der Waals surface area contributed by atoms with Gasteiger partial charge in [-0.2, -0.15) is 13.2 Å². The van der Waals surface area contributed by atoms with Gasteiger partial charge in [0.05, 0.1) is 5.92 Å². The number of halogens is 3. The van der Waals surface area contributed by atoms with E-state index < -0.39 is 17.5 Å². The Hall–Kier alpha value is -0.210. The summed E-state index contributed by atoms with van der Waals surface area (Å²) in [6, 6.07) is 0. The molecule has 3 heteroatoms. The van der Waals surface area contributed by atoms with E-state index in [0.29, 0.717) is 6.42 Å². The normalized spacial score (nSPS) is 15.9. The number of alkyl halides is 3. The van der Waals surface area contributed by atoms with Crippen molar-refractivity contribution in [2.75, 3.05) is 0 Å². The highest BCUT2D eigenvalue weighted by molar-refractivity contribution is 4.79. The van der Waals surface area contributed by atoms with E-state index in [0.717, 1.165) is 6.42 Å². The molecule has 0 aromatic carbocycles. The number of hydrogen-bond donors (Lipinski definition) is 0. The second-order valence-corrected chi connectivity index (χ2v) is 4.60. The smallest absolute Gasteiger partial charge is 0.171 e. The molecule has 0 N–H and O–H groups in total. The van der Waals surface area contributed by atoms with Crippen LogP contribution in [0, 0.1) is 11.3 Å². The van der Waals surface area contributed by atoms with Crippen LogP contribution in [0.2, 0.25) is 0 Å². The first-order chi connectivity index (χ1) is 5.69. The van der Waals surface area contributed by atoms with E-state index in [9.17, 15) is 13.2 Å². The molecule has 0 saturated carbocycles. The van der Waals surface area contributed by atoms with Gasteiger partial charge in [0.1, 0.15) is 0 Å². The van der Waals surface area contributed by atoms with Crippen LogP contribution in [0.5, 0.6) is 0 Å². The molecule has 13 heavy (non-hydrogen) atoms. The quantitative estimate of drug-likeness (QED) is 0.627. The Labute approximate surface area is 78.5 Å². The molecule has 0 aromatic heterocycles. The number of hydrogen-bond acceptors (Lipinski definition) is 0. The lowest BCUT2D eigenvalue weighted by Gasteiger charge is -2.32. The van der Waals surface area contributed by atoms with Crippen molar-refractivity contribution in [2.45, 2.75) is 53.1 Å². The molecule has 0 nitrogen and oxygen atoms in total. The van der Waals surface area contributed by atoms with Crippen LogP contribution in [0.4, 0.5) is 13.2 Å². The van der Waals surface area contributed by atoms with E-state index in [1.54, 1.807) is 20.8 Å². The second-order valence-electron chi connectivity index (χ2n) is 4.60. The third-order valence-corrected chi connectivity index (χ3v) is 2.29. The Morgan fingerprint density at radius 3 is 1.77 bits per heavy atom. The molecule has 80 valence electrons. The van der Waals surface area contributed by atoms with Crippen LogP contribution in [0.3, 0.4) is 0 Å². The third kappa shape index (κ3) is 4.53. The predicted octanol–water partition coefficient (Wildman–Crippen LogP) is 4.40. The Bertz CT molecular complexity index is 127. The van der Waals surface area contributed by atoms with Gasteiger partial charge in [-0.15, -0.1) is 0 Å². The fourth-order valence-electron chi connectivity index (χ4n) is 1.50. The summed E-state index contributed by atoms with van der Waals surface area (Å²) in [6.07, 6.45) is -2.32. The standard InChI is InChI=1S/C10H19F3/c1-5-6-7-8(9(2,3)4)10(11,12)13/h8H,5-7H2,1-4H3. The first-order valence-corrected chi connectivity index (χ1v) is 4.76. The van der Waals surface area contributed by atoms with Gasteiger partial charge >= 0.3 is 6.18 Å². The fraction of sp³-hybridized carbons (Fsp3) is 1.00. The number of unbranched alkanes of at least 4 members (excludes halogenated alkanes) is 1. The van der Waals surface area contributed by atoms with Crippen molar-refractivity contribution in [3.8, 4) is 0 Å². The van der Waals surface area contributed by atoms with E-state index in [1.807, 2.05) is 6.92 Å². The second kappa shape index (κ2) is 4.34. The lowest BCUT2D eigenvalue weighted by atomic mass is 9.77. The van der Waals surface area contributed by atoms with Gasteiger partial charge in [-0.1, -0.05) is 40.5 Å². The summed E-state index contributed by atoms with van der Waals surface area (Å²) < 4.78 is 37.6. The van der Waals surface area contributed by atoms with Gasteiger partial charge in [0.15, 0.2) is 0 Å². The monoisotopic (exact) mass is 196 g/mol. The van der Waals surface area contributed by atoms with Crippen LogP contribution in [0.15, 0.2) is 0 Å². The van der Waals surface area contributed by atoms with Gasteiger partial charge in [0, 0.05) is 0 Å². The van der Waals surface area contributed by atoms with Gasteiger partial charge in [-0.3, -0.25) is 0 Å². The molecule has 0 aromatic rings. The molecule has 0 aliphatic carbocycles. The minimum Gasteiger partial charge on any atom is -0.171 e. The molecule has 0 amide bonds. The first kappa shape index (κ1) is 12.8. The van der Waals surface area contributed by atoms with Crippen molar-refractivity contribution >= 4 is 0 Å². The maximum absolute atomic E-state index is 12.5. The Kier molecular flexibility index (Phi) is 4.27. The van der Waals surface area contributed by atoms with E-state index >= 15 is 0 Å². The summed E-state index contributed by atoms with van der Waals surface area (Å²) in [5.41, 5.74) is -0.673. The van der Waals surface area contributed by atoms with Crippen molar-refractivity contribution in [3.05, 3.63) is 0 Å². The summed E-state index contributed by atoms with van der Waals surface area (Å²) in [5, 5.41) is 0. The molecule has 0 aliphatic heterocycles. The lowest BCUT2D eigenvalue weighted by molar-refractivity contribution is -0.202. The highest BCUT2D eigenvalue weighted by Gasteiger charge is 2.45. The average molecular weight is 196 g/mol. The van der Waals surface area contributed by atoms with E-state index in [2.05, 4.69) is 0 Å². The fourth-order valence-corrected chi connectivity index (χ4v) is 1.50. The largest absolute Gasteiger partial charge is 0.392 e. The van der Waals surface area contributed by atoms with Crippen molar-refractivity contribution in [1.82, 2.24) is 0 Å². The average Bonchev–Trinajstić information content (AvgIpc) is 1.81. The van der Waals surface area contributed by atoms with Crippen molar-refractivity contribution in [3.63, 3.8) is 0 Å². The zero-order valence-corrected chi connectivity index (χ0v) is 8.83. The zero-order valence-electron chi connectivity index (χ0n) is 8.83. The maximum atomic E-state index is 12.5. The molecule has 0 bridgehead atoms. The summed E-state index contributed by atoms with van der Waals surface area (Å²) in [6.45, 7) is 6.87. The predicted molar refractivity (Wildman–Crippen MR) is 48.5 cm³/mol. The molecular weight excluding hydrogens is 177 g/mol. The van der Waals surface area contributed by atoms with Gasteiger partial charge in [0.25, 0.3) is 0 Å². The molecule has 1 unspecified atom stereocenters. The minimum absolute atomic E-state index is 0.253. The summed E-state index contributed by atoms with van der Waals surface area (Å²) in [5.74, 6) is -1.17. The minimum atomic E-state index is -4.05. The summed E-state index contributed by atoms with van der Waals surface area (Å²) in [7, 11) is 0. The number of rotatable bonds is 3. The van der Waals surface area contributed by atoms with Gasteiger partial charge in [-0.25, -0.2) is 0 Å². The lowest BCUT2D eigenvalue weighted by Crippen LogP contribution is -2.34. The summed E-state index contributed by atoms with van der Waals surface area (Å²) >= 11 is 0. The maximum Gasteiger partial charge on any atom is 0.392 e. The first-order valence-electron chi connectivity index (χ1n) is 4.76. The molecule has 1 atom stereocenters. The van der Waals surface area contributed by atoms with Gasteiger partial charge in [0.2, 0.25) is 0 Å². The van der Waals surface area contributed by atoms with Crippen LogP contribution in [0.25, 0.3) is 0 Å². The van der Waals surface area contributed by atoms with Crippen LogP contribution >= 0.6 is 0 Å². The van der Waals surface area contributed by atoms with E-state index in [1.165, 1.54) is 0 Å². The van der Waals surface area contributed by atoms with E-state index in [4.69, 9.17) is 0 Å². The van der Waals surface area contributed by atoms with Gasteiger partial charge in [-0.05, 0) is 11.8 Å². The molecular formula is C10H19F3. The topological polar surface area (TPSA) is 0 Å². The Morgan fingerprint density at radius 1 is 1.08 bits per heavy atom. The molecule has 0 heterocycles. The van der Waals surface area contributed by atoms with Crippen LogP contribution in [-0.4, -0.2) is 6.18 Å². The molecule has 0 fully saturated rings. The third-order valence-electron chi connectivity index (χ3n) is 2.29. The van der Waals surface area contributed by atoms with E-state index in [-0.39, 0.29) is 6.42 Å². The van der Waals surface area contributed by atoms with Crippen LogP contribution in [0.1, 0.15) is 47.0 Å². The molecule has 0 radical (unpaired) electrons. The molecule has 0 aliphatic rings.